The number of halogens is 6. The van der Waals surface area contributed by atoms with Crippen molar-refractivity contribution in [3.8, 4) is 5.75 Å². The lowest BCUT2D eigenvalue weighted by molar-refractivity contribution is -0.274. The van der Waals surface area contributed by atoms with Gasteiger partial charge in [-0.25, -0.2) is 0 Å². The molecule has 2 nitrogen and oxygen atoms in total. The van der Waals surface area contributed by atoms with Crippen LogP contribution in [0.3, 0.4) is 0 Å². The molecule has 0 aliphatic rings. The number of hydrogen-bond acceptors (Lipinski definition) is 2. The molecule has 3 aromatic carbocycles. The monoisotopic (exact) mass is 551 g/mol. The van der Waals surface area contributed by atoms with Crippen LogP contribution in [0.1, 0.15) is 79.7 Å². The van der Waals surface area contributed by atoms with Crippen LogP contribution in [0.5, 0.6) is 5.75 Å². The zero-order chi connectivity index (χ0) is 29.0. The van der Waals surface area contributed by atoms with Gasteiger partial charge in [-0.1, -0.05) is 64.1 Å². The van der Waals surface area contributed by atoms with E-state index in [4.69, 9.17) is 0 Å². The van der Waals surface area contributed by atoms with Crippen molar-refractivity contribution in [2.24, 2.45) is 0 Å². The van der Waals surface area contributed by atoms with Gasteiger partial charge in [0.05, 0.1) is 5.56 Å². The molecule has 0 aliphatic heterocycles. The van der Waals surface area contributed by atoms with Crippen LogP contribution in [0, 0.1) is 0 Å². The number of ether oxygens (including phenoxy) is 1. The Balaban J connectivity index is 1.73. The van der Waals surface area contributed by atoms with Gasteiger partial charge in [-0.15, -0.1) is 13.2 Å². The fourth-order valence-corrected chi connectivity index (χ4v) is 4.68. The maximum absolute atomic E-state index is 14.1. The number of hydrogen-bond donors (Lipinski definition) is 0. The zero-order valence-electron chi connectivity index (χ0n) is 22.8. The fraction of sp³-hybridized carbons (Fsp3) is 0.419. The quantitative estimate of drug-likeness (QED) is 0.233. The van der Waals surface area contributed by atoms with Crippen LogP contribution in [-0.4, -0.2) is 20.0 Å². The summed E-state index contributed by atoms with van der Waals surface area (Å²) in [6.45, 7) is 8.40. The van der Waals surface area contributed by atoms with Crippen molar-refractivity contribution in [2.45, 2.75) is 70.8 Å². The predicted octanol–water partition coefficient (Wildman–Crippen LogP) is 9.70. The van der Waals surface area contributed by atoms with E-state index >= 15 is 0 Å². The molecule has 0 spiro atoms. The first-order valence-electron chi connectivity index (χ1n) is 13.0. The lowest BCUT2D eigenvalue weighted by atomic mass is 9.88. The second kappa shape index (κ2) is 12.3. The van der Waals surface area contributed by atoms with Crippen molar-refractivity contribution in [3.63, 3.8) is 0 Å². The van der Waals surface area contributed by atoms with Gasteiger partial charge < -0.3 is 9.64 Å². The molecule has 0 amide bonds. The SMILES string of the molecule is CC(C)c1ccc(N(C)CCC(C)c2ccc(CC(C)c3cccc(OC(F)(F)F)c3)cc2C(F)(F)F)cc1. The molecule has 3 rings (SSSR count). The van der Waals surface area contributed by atoms with Gasteiger partial charge in [-0.05, 0) is 83.2 Å². The maximum Gasteiger partial charge on any atom is 0.573 e. The molecule has 0 saturated carbocycles. The van der Waals surface area contributed by atoms with Crippen molar-refractivity contribution in [1.29, 1.82) is 0 Å². The molecule has 0 bridgehead atoms. The number of benzene rings is 3. The Morgan fingerprint density at radius 1 is 0.769 bits per heavy atom. The van der Waals surface area contributed by atoms with Crippen LogP contribution in [-0.2, 0) is 12.6 Å². The molecule has 2 atom stereocenters. The fourth-order valence-electron chi connectivity index (χ4n) is 4.68. The van der Waals surface area contributed by atoms with E-state index in [-0.39, 0.29) is 29.6 Å². The summed E-state index contributed by atoms with van der Waals surface area (Å²) in [5, 5.41) is 0. The van der Waals surface area contributed by atoms with Crippen molar-refractivity contribution < 1.29 is 31.1 Å². The minimum Gasteiger partial charge on any atom is -0.406 e. The van der Waals surface area contributed by atoms with Gasteiger partial charge in [0.1, 0.15) is 5.75 Å². The summed E-state index contributed by atoms with van der Waals surface area (Å²) in [7, 11) is 1.93. The molecule has 0 N–H and O–H groups in total. The second-order valence-corrected chi connectivity index (χ2v) is 10.5. The van der Waals surface area contributed by atoms with Crippen molar-refractivity contribution in [3.05, 3.63) is 94.5 Å². The van der Waals surface area contributed by atoms with Gasteiger partial charge in [0, 0.05) is 19.3 Å². The Morgan fingerprint density at radius 2 is 1.44 bits per heavy atom. The summed E-state index contributed by atoms with van der Waals surface area (Å²) in [5.41, 5.74) is 2.83. The van der Waals surface area contributed by atoms with Crippen molar-refractivity contribution >= 4 is 5.69 Å². The van der Waals surface area contributed by atoms with E-state index in [9.17, 15) is 26.3 Å². The predicted molar refractivity (Wildman–Crippen MR) is 144 cm³/mol. The molecule has 2 unspecified atom stereocenters. The molecule has 39 heavy (non-hydrogen) atoms. The molecule has 212 valence electrons. The average Bonchev–Trinajstić information content (AvgIpc) is 2.85. The Hall–Kier alpha value is -3.16. The molecule has 0 aromatic heterocycles. The van der Waals surface area contributed by atoms with Gasteiger partial charge in [0.2, 0.25) is 0 Å². The standard InChI is InChI=1S/C31H35F6NO/c1-20(2)24-10-12-26(13-11-24)38(5)16-15-21(3)28-14-9-23(18-29(28)30(32,33)34)17-22(4)25-7-6-8-27(19-25)39-31(35,36)37/h6-14,18-22H,15-17H2,1-5H3. The second-order valence-electron chi connectivity index (χ2n) is 10.5. The number of nitrogens with zero attached hydrogens (tertiary/aromatic N) is 1. The molecule has 0 fully saturated rings. The molecule has 0 heterocycles. The van der Waals surface area contributed by atoms with Gasteiger partial charge in [-0.2, -0.15) is 13.2 Å². The van der Waals surface area contributed by atoms with Gasteiger partial charge in [-0.3, -0.25) is 0 Å². The van der Waals surface area contributed by atoms with E-state index in [1.54, 1.807) is 26.0 Å². The maximum atomic E-state index is 14.1. The number of anilines is 1. The molecular formula is C31H35F6NO. The molecule has 0 saturated heterocycles. The van der Waals surface area contributed by atoms with Crippen molar-refractivity contribution in [1.82, 2.24) is 0 Å². The summed E-state index contributed by atoms with van der Waals surface area (Å²) < 4.78 is 84.0. The van der Waals surface area contributed by atoms with Crippen LogP contribution in [0.2, 0.25) is 0 Å². The summed E-state index contributed by atoms with van der Waals surface area (Å²) in [6.07, 6.45) is -8.57. The van der Waals surface area contributed by atoms with Crippen LogP contribution < -0.4 is 9.64 Å². The topological polar surface area (TPSA) is 12.5 Å². The average molecular weight is 552 g/mol. The van der Waals surface area contributed by atoms with Crippen LogP contribution in [0.15, 0.2) is 66.7 Å². The number of alkyl halides is 6. The first kappa shape index (κ1) is 30.4. The first-order chi connectivity index (χ1) is 18.1. The normalized spacial score (nSPS) is 13.8. The molecule has 8 heteroatoms. The lowest BCUT2D eigenvalue weighted by Crippen LogP contribution is -2.21. The highest BCUT2D eigenvalue weighted by molar-refractivity contribution is 5.47. The summed E-state index contributed by atoms with van der Waals surface area (Å²) in [4.78, 5) is 2.04. The summed E-state index contributed by atoms with van der Waals surface area (Å²) in [5.74, 6) is -0.582. The lowest BCUT2D eigenvalue weighted by Gasteiger charge is -2.24. The highest BCUT2D eigenvalue weighted by Crippen LogP contribution is 2.38. The summed E-state index contributed by atoms with van der Waals surface area (Å²) >= 11 is 0. The van der Waals surface area contributed by atoms with E-state index < -0.39 is 18.1 Å². The molecular weight excluding hydrogens is 516 g/mol. The van der Waals surface area contributed by atoms with E-state index in [2.05, 4.69) is 30.7 Å². The van der Waals surface area contributed by atoms with E-state index in [1.165, 1.54) is 35.9 Å². The van der Waals surface area contributed by atoms with Crippen molar-refractivity contribution in [2.75, 3.05) is 18.5 Å². The first-order valence-corrected chi connectivity index (χ1v) is 13.0. The van der Waals surface area contributed by atoms with Crippen LogP contribution >= 0.6 is 0 Å². The Bertz CT molecular complexity index is 1220. The smallest absolute Gasteiger partial charge is 0.406 e. The number of rotatable bonds is 10. The van der Waals surface area contributed by atoms with E-state index in [1.807, 2.05) is 24.1 Å². The highest BCUT2D eigenvalue weighted by atomic mass is 19.4. The molecule has 0 radical (unpaired) electrons. The largest absolute Gasteiger partial charge is 0.573 e. The Kier molecular flexibility index (Phi) is 9.62. The zero-order valence-corrected chi connectivity index (χ0v) is 22.8. The molecule has 3 aromatic rings. The minimum atomic E-state index is -4.82. The van der Waals surface area contributed by atoms with E-state index in [0.717, 1.165) is 5.69 Å². The van der Waals surface area contributed by atoms with E-state index in [0.29, 0.717) is 30.0 Å². The third kappa shape index (κ3) is 8.67. The molecule has 0 aliphatic carbocycles. The Morgan fingerprint density at radius 3 is 2.03 bits per heavy atom. The third-order valence-electron chi connectivity index (χ3n) is 7.05. The summed E-state index contributed by atoms with van der Waals surface area (Å²) in [6, 6.07) is 18.1. The Labute approximate surface area is 226 Å². The minimum absolute atomic E-state index is 0.238. The van der Waals surface area contributed by atoms with Crippen LogP contribution in [0.4, 0.5) is 32.0 Å². The van der Waals surface area contributed by atoms with Crippen LogP contribution in [0.25, 0.3) is 0 Å². The van der Waals surface area contributed by atoms with Gasteiger partial charge in [0.15, 0.2) is 0 Å². The van der Waals surface area contributed by atoms with Gasteiger partial charge in [0.25, 0.3) is 0 Å². The third-order valence-corrected chi connectivity index (χ3v) is 7.05. The highest BCUT2D eigenvalue weighted by Gasteiger charge is 2.35. The van der Waals surface area contributed by atoms with Gasteiger partial charge >= 0.3 is 12.5 Å².